The average molecular weight is 280 g/mol. The van der Waals surface area contributed by atoms with E-state index in [2.05, 4.69) is 27.4 Å². The number of aromatic nitrogens is 1. The SMILES string of the molecule is OC1CCCN(Cc2cnc(-c3cccs3)s2)C1. The van der Waals surface area contributed by atoms with Gasteiger partial charge in [0.2, 0.25) is 0 Å². The smallest absolute Gasteiger partial charge is 0.133 e. The molecule has 2 aromatic rings. The second kappa shape index (κ2) is 5.48. The number of hydrogen-bond donors (Lipinski definition) is 1. The van der Waals surface area contributed by atoms with E-state index in [1.54, 1.807) is 22.7 Å². The Bertz CT molecular complexity index is 495. The molecule has 1 atom stereocenters. The second-order valence-electron chi connectivity index (χ2n) is 4.64. The average Bonchev–Trinajstić information content (AvgIpc) is 2.98. The fourth-order valence-corrected chi connectivity index (χ4v) is 4.05. The predicted molar refractivity (Wildman–Crippen MR) is 75.9 cm³/mol. The Morgan fingerprint density at radius 1 is 1.50 bits per heavy atom. The summed E-state index contributed by atoms with van der Waals surface area (Å²) in [4.78, 5) is 9.33. The summed E-state index contributed by atoms with van der Waals surface area (Å²) < 4.78 is 0. The number of thiophene rings is 1. The molecule has 1 aliphatic heterocycles. The van der Waals surface area contributed by atoms with Gasteiger partial charge in [0.15, 0.2) is 0 Å². The van der Waals surface area contributed by atoms with Crippen LogP contribution in [0.4, 0.5) is 0 Å². The number of nitrogens with zero attached hydrogens (tertiary/aromatic N) is 2. The normalized spacial score (nSPS) is 21.3. The van der Waals surface area contributed by atoms with Crippen molar-refractivity contribution in [1.29, 1.82) is 0 Å². The van der Waals surface area contributed by atoms with Gasteiger partial charge in [-0.2, -0.15) is 0 Å². The Morgan fingerprint density at radius 3 is 3.22 bits per heavy atom. The predicted octanol–water partition coefficient (Wildman–Crippen LogP) is 2.83. The zero-order chi connectivity index (χ0) is 12.4. The lowest BCUT2D eigenvalue weighted by molar-refractivity contribution is 0.0673. The van der Waals surface area contributed by atoms with Gasteiger partial charge in [-0.15, -0.1) is 22.7 Å². The first kappa shape index (κ1) is 12.3. The van der Waals surface area contributed by atoms with Gasteiger partial charge in [-0.3, -0.25) is 4.90 Å². The lowest BCUT2D eigenvalue weighted by atomic mass is 10.1. The molecule has 0 spiro atoms. The first-order chi connectivity index (χ1) is 8.81. The Hall–Kier alpha value is -0.750. The fourth-order valence-electron chi connectivity index (χ4n) is 2.29. The van der Waals surface area contributed by atoms with Crippen molar-refractivity contribution >= 4 is 22.7 Å². The number of rotatable bonds is 3. The lowest BCUT2D eigenvalue weighted by Crippen LogP contribution is -2.37. The van der Waals surface area contributed by atoms with Crippen LogP contribution in [0.15, 0.2) is 23.7 Å². The van der Waals surface area contributed by atoms with Crippen LogP contribution in [0.1, 0.15) is 17.7 Å². The topological polar surface area (TPSA) is 36.4 Å². The monoisotopic (exact) mass is 280 g/mol. The summed E-state index contributed by atoms with van der Waals surface area (Å²) in [6.45, 7) is 2.80. The van der Waals surface area contributed by atoms with Crippen molar-refractivity contribution in [2.75, 3.05) is 13.1 Å². The molecule has 0 bridgehead atoms. The summed E-state index contributed by atoms with van der Waals surface area (Å²) in [6, 6.07) is 4.17. The molecule has 18 heavy (non-hydrogen) atoms. The van der Waals surface area contributed by atoms with Crippen LogP contribution in [0.25, 0.3) is 9.88 Å². The molecule has 1 aliphatic rings. The van der Waals surface area contributed by atoms with Crippen LogP contribution < -0.4 is 0 Å². The Morgan fingerprint density at radius 2 is 2.44 bits per heavy atom. The van der Waals surface area contributed by atoms with Crippen molar-refractivity contribution in [2.45, 2.75) is 25.5 Å². The highest BCUT2D eigenvalue weighted by molar-refractivity contribution is 7.20. The Labute approximate surface area is 115 Å². The van der Waals surface area contributed by atoms with E-state index < -0.39 is 0 Å². The van der Waals surface area contributed by atoms with E-state index in [1.165, 1.54) is 9.75 Å². The van der Waals surface area contributed by atoms with E-state index in [4.69, 9.17) is 0 Å². The number of β-amino-alcohol motifs (C(OH)–C–C–N with tert-alkyl or cyclic N) is 1. The van der Waals surface area contributed by atoms with Crippen molar-refractivity contribution in [3.63, 3.8) is 0 Å². The molecule has 0 radical (unpaired) electrons. The molecule has 1 fully saturated rings. The number of thiazole rings is 1. The summed E-state index contributed by atoms with van der Waals surface area (Å²) in [5.41, 5.74) is 0. The summed E-state index contributed by atoms with van der Waals surface area (Å²) in [5, 5.41) is 12.9. The van der Waals surface area contributed by atoms with Crippen LogP contribution in [0, 0.1) is 0 Å². The van der Waals surface area contributed by atoms with E-state index in [9.17, 15) is 5.11 Å². The summed E-state index contributed by atoms with van der Waals surface area (Å²) in [7, 11) is 0. The van der Waals surface area contributed by atoms with Crippen molar-refractivity contribution < 1.29 is 5.11 Å². The molecule has 1 N–H and O–H groups in total. The lowest BCUT2D eigenvalue weighted by Gasteiger charge is -2.29. The third-order valence-electron chi connectivity index (χ3n) is 3.15. The fraction of sp³-hybridized carbons (Fsp3) is 0.462. The van der Waals surface area contributed by atoms with Gasteiger partial charge in [-0.25, -0.2) is 4.98 Å². The molecule has 5 heteroatoms. The van der Waals surface area contributed by atoms with Crippen molar-refractivity contribution in [1.82, 2.24) is 9.88 Å². The first-order valence-corrected chi connectivity index (χ1v) is 7.90. The number of piperidine rings is 1. The van der Waals surface area contributed by atoms with Gasteiger partial charge in [0.25, 0.3) is 0 Å². The van der Waals surface area contributed by atoms with Crippen LogP contribution in [-0.4, -0.2) is 34.2 Å². The molecular formula is C13H16N2OS2. The van der Waals surface area contributed by atoms with Gasteiger partial charge in [0.05, 0.1) is 11.0 Å². The molecule has 3 heterocycles. The minimum Gasteiger partial charge on any atom is -0.392 e. The zero-order valence-corrected chi connectivity index (χ0v) is 11.7. The van der Waals surface area contributed by atoms with Gasteiger partial charge in [-0.1, -0.05) is 6.07 Å². The van der Waals surface area contributed by atoms with Gasteiger partial charge in [-0.05, 0) is 30.8 Å². The number of hydrogen-bond acceptors (Lipinski definition) is 5. The molecule has 2 aromatic heterocycles. The van der Waals surface area contributed by atoms with Gasteiger partial charge >= 0.3 is 0 Å². The molecule has 0 saturated carbocycles. The maximum atomic E-state index is 9.66. The summed E-state index contributed by atoms with van der Waals surface area (Å²) >= 11 is 3.49. The number of likely N-dealkylation sites (tertiary alicyclic amines) is 1. The van der Waals surface area contributed by atoms with E-state index >= 15 is 0 Å². The summed E-state index contributed by atoms with van der Waals surface area (Å²) in [6.07, 6.45) is 3.86. The quantitative estimate of drug-likeness (QED) is 0.939. The van der Waals surface area contributed by atoms with Crippen LogP contribution in [0.3, 0.4) is 0 Å². The van der Waals surface area contributed by atoms with Crippen molar-refractivity contribution in [3.8, 4) is 9.88 Å². The van der Waals surface area contributed by atoms with E-state index in [0.29, 0.717) is 0 Å². The second-order valence-corrected chi connectivity index (χ2v) is 6.70. The maximum absolute atomic E-state index is 9.66. The minimum absolute atomic E-state index is 0.150. The van der Waals surface area contributed by atoms with Gasteiger partial charge in [0.1, 0.15) is 5.01 Å². The molecule has 0 amide bonds. The largest absolute Gasteiger partial charge is 0.392 e. The number of aliphatic hydroxyl groups excluding tert-OH is 1. The Kier molecular flexibility index (Phi) is 3.75. The third kappa shape index (κ3) is 2.80. The highest BCUT2D eigenvalue weighted by atomic mass is 32.1. The van der Waals surface area contributed by atoms with Crippen molar-refractivity contribution in [3.05, 3.63) is 28.6 Å². The Balaban J connectivity index is 1.66. The molecule has 0 aromatic carbocycles. The highest BCUT2D eigenvalue weighted by Gasteiger charge is 2.18. The van der Waals surface area contributed by atoms with Gasteiger partial charge < -0.3 is 5.11 Å². The molecule has 96 valence electrons. The minimum atomic E-state index is -0.150. The molecule has 3 nitrogen and oxygen atoms in total. The molecular weight excluding hydrogens is 264 g/mol. The van der Waals surface area contributed by atoms with E-state index in [0.717, 1.165) is 37.5 Å². The molecule has 1 saturated heterocycles. The number of aliphatic hydroxyl groups is 1. The van der Waals surface area contributed by atoms with E-state index in [-0.39, 0.29) is 6.10 Å². The van der Waals surface area contributed by atoms with Crippen LogP contribution in [0.2, 0.25) is 0 Å². The standard InChI is InChI=1S/C13H16N2OS2/c16-10-3-1-5-15(8-10)9-11-7-14-13(18-11)12-4-2-6-17-12/h2,4,6-7,10,16H,1,3,5,8-9H2. The molecule has 3 rings (SSSR count). The summed E-state index contributed by atoms with van der Waals surface area (Å²) in [5.74, 6) is 0. The first-order valence-electron chi connectivity index (χ1n) is 6.20. The van der Waals surface area contributed by atoms with Crippen LogP contribution in [-0.2, 0) is 6.54 Å². The van der Waals surface area contributed by atoms with Crippen molar-refractivity contribution in [2.24, 2.45) is 0 Å². The molecule has 1 unspecified atom stereocenters. The zero-order valence-electron chi connectivity index (χ0n) is 10.1. The highest BCUT2D eigenvalue weighted by Crippen LogP contribution is 2.29. The van der Waals surface area contributed by atoms with Crippen LogP contribution in [0.5, 0.6) is 0 Å². The van der Waals surface area contributed by atoms with E-state index in [1.807, 2.05) is 6.20 Å². The third-order valence-corrected chi connectivity index (χ3v) is 5.17. The van der Waals surface area contributed by atoms with Crippen LogP contribution >= 0.6 is 22.7 Å². The maximum Gasteiger partial charge on any atom is 0.133 e. The molecule has 0 aliphatic carbocycles. The van der Waals surface area contributed by atoms with Gasteiger partial charge in [0, 0.05) is 24.2 Å².